The van der Waals surface area contributed by atoms with Gasteiger partial charge < -0.3 is 25.1 Å². The van der Waals surface area contributed by atoms with Crippen molar-refractivity contribution in [1.29, 1.82) is 0 Å². The van der Waals surface area contributed by atoms with Crippen LogP contribution in [-0.2, 0) is 19.1 Å². The standard InChI is InChI=1S/C25H30ClN5O4/c1-25(2)14-31(12-22(32)28-16-4-7-34-8-5-16)21(13-35-25)24(33)30-19-10-15(26)9-18-17-3-6-27-11-20(17)29-23(18)19/h3,6,9-11,16,21,29H,4-5,7-8,12-14H2,1-2H3,(H,28,32)(H,30,33)/t21-/m0/s1. The Kier molecular flexibility index (Phi) is 6.67. The van der Waals surface area contributed by atoms with Gasteiger partial charge in [0.15, 0.2) is 0 Å². The second-order valence-electron chi connectivity index (χ2n) is 9.86. The lowest BCUT2D eigenvalue weighted by Crippen LogP contribution is -2.60. The monoisotopic (exact) mass is 499 g/mol. The number of nitrogens with zero attached hydrogens (tertiary/aromatic N) is 2. The summed E-state index contributed by atoms with van der Waals surface area (Å²) in [6, 6.07) is 4.98. The van der Waals surface area contributed by atoms with Gasteiger partial charge in [0.2, 0.25) is 11.8 Å². The number of rotatable bonds is 5. The third-order valence-electron chi connectivity index (χ3n) is 6.62. The zero-order valence-corrected chi connectivity index (χ0v) is 20.7. The number of hydrogen-bond acceptors (Lipinski definition) is 6. The van der Waals surface area contributed by atoms with E-state index < -0.39 is 11.6 Å². The average molecular weight is 500 g/mol. The number of H-pyrrole nitrogens is 1. The van der Waals surface area contributed by atoms with Crippen LogP contribution in [0.3, 0.4) is 0 Å². The number of carbonyl (C=O) groups is 2. The van der Waals surface area contributed by atoms with Crippen molar-refractivity contribution in [3.63, 3.8) is 0 Å². The summed E-state index contributed by atoms with van der Waals surface area (Å²) in [5.41, 5.74) is 1.73. The molecule has 2 amide bonds. The van der Waals surface area contributed by atoms with E-state index in [1.807, 2.05) is 30.9 Å². The number of benzene rings is 1. The minimum atomic E-state index is -0.622. The Morgan fingerprint density at radius 1 is 1.26 bits per heavy atom. The first kappa shape index (κ1) is 24.0. The quantitative estimate of drug-likeness (QED) is 0.498. The number of carbonyl (C=O) groups excluding carboxylic acids is 2. The molecule has 0 unspecified atom stereocenters. The summed E-state index contributed by atoms with van der Waals surface area (Å²) in [4.78, 5) is 35.7. The van der Waals surface area contributed by atoms with Gasteiger partial charge in [0, 0.05) is 47.8 Å². The molecule has 2 fully saturated rings. The van der Waals surface area contributed by atoms with Crippen molar-refractivity contribution in [3.8, 4) is 0 Å². The summed E-state index contributed by atoms with van der Waals surface area (Å²) in [6.45, 7) is 5.98. The van der Waals surface area contributed by atoms with E-state index in [1.54, 1.807) is 18.5 Å². The maximum atomic E-state index is 13.5. The van der Waals surface area contributed by atoms with Crippen LogP contribution in [0.25, 0.3) is 21.8 Å². The Hall–Kier alpha value is -2.72. The first-order valence-corrected chi connectivity index (χ1v) is 12.3. The van der Waals surface area contributed by atoms with Crippen molar-refractivity contribution in [2.45, 2.75) is 44.4 Å². The normalized spacial score (nSPS) is 21.3. The molecule has 0 radical (unpaired) electrons. The smallest absolute Gasteiger partial charge is 0.244 e. The van der Waals surface area contributed by atoms with Crippen LogP contribution >= 0.6 is 11.6 Å². The summed E-state index contributed by atoms with van der Waals surface area (Å²) >= 11 is 6.40. The highest BCUT2D eigenvalue weighted by Crippen LogP contribution is 2.33. The number of morpholine rings is 1. The van der Waals surface area contributed by atoms with Gasteiger partial charge in [-0.1, -0.05) is 11.6 Å². The van der Waals surface area contributed by atoms with Crippen LogP contribution in [-0.4, -0.2) is 77.3 Å². The molecular formula is C25H30ClN5O4. The fourth-order valence-electron chi connectivity index (χ4n) is 4.89. The molecule has 10 heteroatoms. The number of fused-ring (bicyclic) bond motifs is 3. The molecule has 2 saturated heterocycles. The van der Waals surface area contributed by atoms with Crippen molar-refractivity contribution in [2.75, 3.05) is 38.2 Å². The molecule has 1 aromatic carbocycles. The van der Waals surface area contributed by atoms with Crippen molar-refractivity contribution in [2.24, 2.45) is 0 Å². The third kappa shape index (κ3) is 5.28. The van der Waals surface area contributed by atoms with E-state index in [9.17, 15) is 9.59 Å². The van der Waals surface area contributed by atoms with Crippen LogP contribution in [0, 0.1) is 0 Å². The van der Waals surface area contributed by atoms with Gasteiger partial charge in [0.1, 0.15) is 6.04 Å². The van der Waals surface area contributed by atoms with Gasteiger partial charge in [-0.2, -0.15) is 0 Å². The molecule has 35 heavy (non-hydrogen) atoms. The zero-order valence-electron chi connectivity index (χ0n) is 19.9. The molecule has 3 aromatic rings. The second kappa shape index (κ2) is 9.73. The van der Waals surface area contributed by atoms with Crippen LogP contribution in [0.2, 0.25) is 5.02 Å². The topological polar surface area (TPSA) is 109 Å². The molecule has 2 aromatic heterocycles. The predicted octanol–water partition coefficient (Wildman–Crippen LogP) is 3.08. The number of aromatic nitrogens is 2. The van der Waals surface area contributed by atoms with Crippen LogP contribution < -0.4 is 10.6 Å². The van der Waals surface area contributed by atoms with Gasteiger partial charge in [0.25, 0.3) is 0 Å². The fraction of sp³-hybridized carbons (Fsp3) is 0.480. The molecule has 0 saturated carbocycles. The van der Waals surface area contributed by atoms with Gasteiger partial charge in [-0.25, -0.2) is 0 Å². The number of anilines is 1. The Balaban J connectivity index is 1.36. The first-order valence-electron chi connectivity index (χ1n) is 11.9. The number of pyridine rings is 1. The van der Waals surface area contributed by atoms with Crippen molar-refractivity contribution >= 4 is 50.9 Å². The molecule has 3 N–H and O–H groups in total. The molecule has 4 heterocycles. The average Bonchev–Trinajstić information content (AvgIpc) is 3.18. The summed E-state index contributed by atoms with van der Waals surface area (Å²) in [6.07, 6.45) is 5.06. The van der Waals surface area contributed by atoms with E-state index in [-0.39, 0.29) is 31.0 Å². The third-order valence-corrected chi connectivity index (χ3v) is 6.84. The maximum absolute atomic E-state index is 13.5. The first-order chi connectivity index (χ1) is 16.8. The molecule has 9 nitrogen and oxygen atoms in total. The molecule has 186 valence electrons. The van der Waals surface area contributed by atoms with Gasteiger partial charge >= 0.3 is 0 Å². The number of aromatic amines is 1. The molecular weight excluding hydrogens is 470 g/mol. The molecule has 0 spiro atoms. The second-order valence-corrected chi connectivity index (χ2v) is 10.3. The van der Waals surface area contributed by atoms with Crippen molar-refractivity contribution in [3.05, 3.63) is 35.6 Å². The summed E-state index contributed by atoms with van der Waals surface area (Å²) in [5, 5.41) is 8.50. The van der Waals surface area contributed by atoms with E-state index in [1.165, 1.54) is 0 Å². The SMILES string of the molecule is CC1(C)CN(CC(=O)NC2CCOCC2)[C@H](C(=O)Nc2cc(Cl)cc3c2[nH]c2cnccc23)CO1. The molecule has 1 atom stereocenters. The Morgan fingerprint density at radius 2 is 2.06 bits per heavy atom. The van der Waals surface area contributed by atoms with Gasteiger partial charge in [-0.15, -0.1) is 0 Å². The Bertz CT molecular complexity index is 1250. The Labute approximate surface area is 208 Å². The van der Waals surface area contributed by atoms with Gasteiger partial charge in [-0.05, 0) is 44.9 Å². The summed E-state index contributed by atoms with van der Waals surface area (Å²) in [5.74, 6) is -0.347. The minimum absolute atomic E-state index is 0.0966. The van der Waals surface area contributed by atoms with E-state index >= 15 is 0 Å². The number of ether oxygens (including phenoxy) is 2. The lowest BCUT2D eigenvalue weighted by molar-refractivity contribution is -0.147. The van der Waals surface area contributed by atoms with E-state index in [4.69, 9.17) is 21.1 Å². The highest BCUT2D eigenvalue weighted by molar-refractivity contribution is 6.33. The van der Waals surface area contributed by atoms with E-state index in [0.717, 1.165) is 34.6 Å². The highest BCUT2D eigenvalue weighted by atomic mass is 35.5. The molecule has 0 aliphatic carbocycles. The molecule has 2 aliphatic heterocycles. The van der Waals surface area contributed by atoms with Gasteiger partial charge in [-0.3, -0.25) is 19.5 Å². The molecule has 2 aliphatic rings. The van der Waals surface area contributed by atoms with E-state index in [2.05, 4.69) is 20.6 Å². The van der Waals surface area contributed by atoms with Crippen LogP contribution in [0.1, 0.15) is 26.7 Å². The number of amides is 2. The zero-order chi connectivity index (χ0) is 24.6. The lowest BCUT2D eigenvalue weighted by atomic mass is 10.0. The molecule has 0 bridgehead atoms. The molecule has 5 rings (SSSR count). The minimum Gasteiger partial charge on any atom is -0.381 e. The van der Waals surface area contributed by atoms with Crippen molar-refractivity contribution < 1.29 is 19.1 Å². The van der Waals surface area contributed by atoms with E-state index in [0.29, 0.717) is 30.5 Å². The largest absolute Gasteiger partial charge is 0.381 e. The van der Waals surface area contributed by atoms with Crippen LogP contribution in [0.4, 0.5) is 5.69 Å². The number of nitrogens with one attached hydrogen (secondary N) is 3. The lowest BCUT2D eigenvalue weighted by Gasteiger charge is -2.42. The fourth-order valence-corrected chi connectivity index (χ4v) is 5.11. The Morgan fingerprint density at radius 3 is 2.86 bits per heavy atom. The predicted molar refractivity (Wildman–Crippen MR) is 135 cm³/mol. The highest BCUT2D eigenvalue weighted by Gasteiger charge is 2.39. The number of halogens is 1. The van der Waals surface area contributed by atoms with Gasteiger partial charge in [0.05, 0.1) is 41.7 Å². The van der Waals surface area contributed by atoms with Crippen LogP contribution in [0.5, 0.6) is 0 Å². The van der Waals surface area contributed by atoms with Crippen LogP contribution in [0.15, 0.2) is 30.6 Å². The summed E-state index contributed by atoms with van der Waals surface area (Å²) < 4.78 is 11.3. The maximum Gasteiger partial charge on any atom is 0.244 e. The summed E-state index contributed by atoms with van der Waals surface area (Å²) in [7, 11) is 0. The van der Waals surface area contributed by atoms with Crippen molar-refractivity contribution in [1.82, 2.24) is 20.2 Å². The number of hydrogen-bond donors (Lipinski definition) is 3.